The summed E-state index contributed by atoms with van der Waals surface area (Å²) >= 11 is 0. The molecular weight excluding hydrogens is 540 g/mol. The molecule has 1 aliphatic rings. The van der Waals surface area contributed by atoms with Crippen LogP contribution in [0.15, 0.2) is 54.7 Å². The highest BCUT2D eigenvalue weighted by Gasteiger charge is 2.28. The second-order valence-electron chi connectivity index (χ2n) is 10.5. The minimum Gasteiger partial charge on any atom is -0.390 e. The van der Waals surface area contributed by atoms with E-state index in [4.69, 9.17) is 0 Å². The molecule has 11 heteroatoms. The molecular formula is C30H42N6O4S. The first-order valence-corrected chi connectivity index (χ1v) is 16.0. The van der Waals surface area contributed by atoms with Gasteiger partial charge in [-0.05, 0) is 63.8 Å². The van der Waals surface area contributed by atoms with Crippen LogP contribution in [0, 0.1) is 6.92 Å². The second-order valence-corrected chi connectivity index (χ2v) is 12.5. The lowest BCUT2D eigenvalue weighted by molar-refractivity contribution is 0.0830. The number of rotatable bonds is 13. The van der Waals surface area contributed by atoms with E-state index in [1.165, 1.54) is 4.31 Å². The van der Waals surface area contributed by atoms with Gasteiger partial charge in [0.15, 0.2) is 0 Å². The molecule has 0 radical (unpaired) electrons. The fraction of sp³-hybridized carbons (Fsp3) is 0.467. The van der Waals surface area contributed by atoms with Gasteiger partial charge in [-0.1, -0.05) is 30.3 Å². The number of benzene rings is 2. The van der Waals surface area contributed by atoms with Gasteiger partial charge in [-0.15, -0.1) is 0 Å². The van der Waals surface area contributed by atoms with Crippen LogP contribution in [-0.2, 0) is 29.5 Å². The van der Waals surface area contributed by atoms with Crippen molar-refractivity contribution < 1.29 is 18.3 Å². The van der Waals surface area contributed by atoms with Crippen molar-refractivity contribution >= 4 is 27.3 Å². The minimum atomic E-state index is -3.44. The van der Waals surface area contributed by atoms with Crippen molar-refractivity contribution in [2.24, 2.45) is 0 Å². The molecule has 4 N–H and O–H groups in total. The fourth-order valence-corrected chi connectivity index (χ4v) is 6.69. The molecule has 1 saturated heterocycles. The van der Waals surface area contributed by atoms with Crippen LogP contribution in [0.4, 0.5) is 11.4 Å². The summed E-state index contributed by atoms with van der Waals surface area (Å²) in [6, 6.07) is 14.2. The average molecular weight is 583 g/mol. The van der Waals surface area contributed by atoms with E-state index in [1.54, 1.807) is 18.2 Å². The van der Waals surface area contributed by atoms with Crippen molar-refractivity contribution in [3.8, 4) is 0 Å². The quantitative estimate of drug-likeness (QED) is 0.244. The normalized spacial score (nSPS) is 16.2. The fourth-order valence-electron chi connectivity index (χ4n) is 5.07. The summed E-state index contributed by atoms with van der Waals surface area (Å²) < 4.78 is 28.9. The van der Waals surface area contributed by atoms with Crippen LogP contribution in [0.25, 0.3) is 0 Å². The van der Waals surface area contributed by atoms with Gasteiger partial charge in [0.05, 0.1) is 29.3 Å². The molecule has 41 heavy (non-hydrogen) atoms. The van der Waals surface area contributed by atoms with E-state index in [0.29, 0.717) is 49.4 Å². The summed E-state index contributed by atoms with van der Waals surface area (Å²) in [6.07, 6.45) is 2.95. The van der Waals surface area contributed by atoms with Crippen molar-refractivity contribution in [3.05, 3.63) is 77.1 Å². The minimum absolute atomic E-state index is 0.0943. The lowest BCUT2D eigenvalue weighted by Crippen LogP contribution is -2.48. The summed E-state index contributed by atoms with van der Waals surface area (Å²) in [5.74, 6) is -0.280. The largest absolute Gasteiger partial charge is 0.390 e. The Morgan fingerprint density at radius 2 is 1.90 bits per heavy atom. The number of carbonyl (C=O) groups excluding carboxylic acids is 1. The summed E-state index contributed by atoms with van der Waals surface area (Å²) in [7, 11) is -3.44. The monoisotopic (exact) mass is 582 g/mol. The van der Waals surface area contributed by atoms with Crippen molar-refractivity contribution in [2.75, 3.05) is 35.0 Å². The number of sulfonamides is 1. The van der Waals surface area contributed by atoms with Crippen LogP contribution in [0.2, 0.25) is 0 Å². The maximum absolute atomic E-state index is 13.6. The van der Waals surface area contributed by atoms with Crippen LogP contribution in [0.5, 0.6) is 0 Å². The summed E-state index contributed by atoms with van der Waals surface area (Å²) in [6.45, 7) is 8.55. The molecule has 0 unspecified atom stereocenters. The smallest absolute Gasteiger partial charge is 0.251 e. The lowest BCUT2D eigenvalue weighted by atomic mass is 10.00. The van der Waals surface area contributed by atoms with Crippen LogP contribution in [-0.4, -0.2) is 66.7 Å². The number of aliphatic hydroxyl groups excluding tert-OH is 1. The molecule has 4 rings (SSSR count). The summed E-state index contributed by atoms with van der Waals surface area (Å²) in [4.78, 5) is 13.6. The molecule has 0 saturated carbocycles. The number of nitrogens with one attached hydrogen (secondary N) is 3. The molecule has 2 heterocycles. The van der Waals surface area contributed by atoms with Crippen LogP contribution in [0.1, 0.15) is 53.9 Å². The molecule has 1 amide bonds. The van der Waals surface area contributed by atoms with E-state index >= 15 is 0 Å². The van der Waals surface area contributed by atoms with Gasteiger partial charge in [-0.2, -0.15) is 5.10 Å². The second kappa shape index (κ2) is 14.0. The number of hydrogen-bond donors (Lipinski definition) is 4. The van der Waals surface area contributed by atoms with Gasteiger partial charge in [-0.25, -0.2) is 8.42 Å². The Bertz CT molecular complexity index is 1410. The maximum Gasteiger partial charge on any atom is 0.251 e. The van der Waals surface area contributed by atoms with Crippen molar-refractivity contribution in [1.29, 1.82) is 0 Å². The zero-order valence-corrected chi connectivity index (χ0v) is 25.0. The van der Waals surface area contributed by atoms with E-state index in [9.17, 15) is 18.3 Å². The molecule has 2 aromatic carbocycles. The van der Waals surface area contributed by atoms with E-state index in [1.807, 2.05) is 62.0 Å². The molecule has 2 atom stereocenters. The highest BCUT2D eigenvalue weighted by molar-refractivity contribution is 7.92. The number of nitrogens with zero attached hydrogens (tertiary/aromatic N) is 3. The highest BCUT2D eigenvalue weighted by Crippen LogP contribution is 2.28. The van der Waals surface area contributed by atoms with Crippen LogP contribution >= 0.6 is 0 Å². The Hall–Kier alpha value is -3.41. The van der Waals surface area contributed by atoms with E-state index in [0.717, 1.165) is 29.8 Å². The number of aliphatic hydroxyl groups is 1. The predicted molar refractivity (Wildman–Crippen MR) is 163 cm³/mol. The van der Waals surface area contributed by atoms with Crippen molar-refractivity contribution in [1.82, 2.24) is 20.4 Å². The zero-order valence-electron chi connectivity index (χ0n) is 24.1. The van der Waals surface area contributed by atoms with Gasteiger partial charge < -0.3 is 21.1 Å². The topological polar surface area (TPSA) is 129 Å². The van der Waals surface area contributed by atoms with Crippen LogP contribution < -0.4 is 20.3 Å². The lowest BCUT2D eigenvalue weighted by Gasteiger charge is -2.29. The molecule has 1 aromatic heterocycles. The molecule has 1 aliphatic heterocycles. The van der Waals surface area contributed by atoms with Crippen molar-refractivity contribution in [3.63, 3.8) is 0 Å². The summed E-state index contributed by atoms with van der Waals surface area (Å²) in [5, 5.41) is 25.3. The first-order valence-electron chi connectivity index (χ1n) is 14.4. The number of carbonyl (C=O) groups is 1. The van der Waals surface area contributed by atoms with Gasteiger partial charge in [-0.3, -0.25) is 13.8 Å². The van der Waals surface area contributed by atoms with Gasteiger partial charge in [0.25, 0.3) is 5.91 Å². The highest BCUT2D eigenvalue weighted by atomic mass is 32.2. The number of amides is 1. The maximum atomic E-state index is 13.6. The first kappa shape index (κ1) is 30.5. The molecule has 0 spiro atoms. The Morgan fingerprint density at radius 3 is 2.59 bits per heavy atom. The molecule has 0 aliphatic carbocycles. The first-order chi connectivity index (χ1) is 19.7. The molecule has 3 aromatic rings. The summed E-state index contributed by atoms with van der Waals surface area (Å²) in [5.41, 5.74) is 4.45. The predicted octanol–water partition coefficient (Wildman–Crippen LogP) is 3.07. The Kier molecular flexibility index (Phi) is 10.4. The molecule has 1 fully saturated rings. The van der Waals surface area contributed by atoms with Gasteiger partial charge in [0.2, 0.25) is 10.0 Å². The van der Waals surface area contributed by atoms with E-state index in [2.05, 4.69) is 21.0 Å². The van der Waals surface area contributed by atoms with E-state index < -0.39 is 22.2 Å². The Labute approximate surface area is 243 Å². The number of anilines is 2. The third-order valence-corrected chi connectivity index (χ3v) is 9.19. The molecule has 10 nitrogen and oxygen atoms in total. The molecule has 222 valence electrons. The van der Waals surface area contributed by atoms with E-state index in [-0.39, 0.29) is 18.2 Å². The Morgan fingerprint density at radius 1 is 1.12 bits per heavy atom. The number of hydrogen-bond acceptors (Lipinski definition) is 7. The van der Waals surface area contributed by atoms with Gasteiger partial charge in [0, 0.05) is 55.7 Å². The molecule has 0 bridgehead atoms. The van der Waals surface area contributed by atoms with Gasteiger partial charge >= 0.3 is 0 Å². The third-order valence-electron chi connectivity index (χ3n) is 7.32. The van der Waals surface area contributed by atoms with Crippen LogP contribution in [0.3, 0.4) is 0 Å². The number of aryl methyl sites for hydroxylation is 2. The SMILES string of the molecule is CCNc1cc(C(=O)N[C@@H](Cc2ccccc2)[C@H](O)CNCc2cn(CC)nc2C)cc(N2CCCCS2(=O)=O)c1. The van der Waals surface area contributed by atoms with Gasteiger partial charge in [0.1, 0.15) is 0 Å². The third kappa shape index (κ3) is 8.08. The standard InChI is InChI=1S/C30H42N6O4S/c1-4-32-26-16-24(17-27(18-26)36-13-9-10-14-41(36,39)40)30(38)33-28(15-23-11-7-6-8-12-23)29(37)20-31-19-25-21-35(5-2)34-22(25)3/h6-8,11-12,16-18,21,28-29,31-32,37H,4-5,9-10,13-15,19-20H2,1-3H3,(H,33,38)/t28-,29+/m0/s1. The van der Waals surface area contributed by atoms with Crippen molar-refractivity contribution in [2.45, 2.75) is 65.3 Å². The number of aromatic nitrogens is 2. The zero-order chi connectivity index (χ0) is 29.4. The Balaban J connectivity index is 1.53. The average Bonchev–Trinajstić information content (AvgIpc) is 3.32.